The van der Waals surface area contributed by atoms with Gasteiger partial charge in [-0.25, -0.2) is 9.07 Å². The molecule has 1 fully saturated rings. The van der Waals surface area contributed by atoms with E-state index >= 15 is 0 Å². The van der Waals surface area contributed by atoms with Crippen molar-refractivity contribution in [3.63, 3.8) is 0 Å². The van der Waals surface area contributed by atoms with E-state index in [9.17, 15) is 9.18 Å². The molecule has 2 aromatic rings. The van der Waals surface area contributed by atoms with E-state index < -0.39 is 0 Å². The summed E-state index contributed by atoms with van der Waals surface area (Å²) in [4.78, 5) is 12.9. The van der Waals surface area contributed by atoms with Crippen LogP contribution in [-0.4, -0.2) is 28.3 Å². The largest absolute Gasteiger partial charge is 0.348 e. The first kappa shape index (κ1) is 21.4. The maximum absolute atomic E-state index is 13.2. The number of rotatable bonds is 6. The molecule has 0 radical (unpaired) electrons. The number of halogens is 2. The summed E-state index contributed by atoms with van der Waals surface area (Å²) in [5.74, 6) is 0.0290. The standard InChI is InChI=1S/C20H27FN4O.ClH/c1-2-19-17(13-23-25(19)16-10-8-15(21)9-11-16)20(26)24-18(12-22)14-6-4-3-5-7-14;/h8-11,13-14,18H,2-7,12,22H2,1H3,(H,24,26);1H. The molecule has 1 aliphatic carbocycles. The van der Waals surface area contributed by atoms with Crippen molar-refractivity contribution in [2.45, 2.75) is 51.5 Å². The van der Waals surface area contributed by atoms with Gasteiger partial charge in [-0.3, -0.25) is 4.79 Å². The fourth-order valence-corrected chi connectivity index (χ4v) is 3.86. The normalized spacial score (nSPS) is 15.8. The van der Waals surface area contributed by atoms with Gasteiger partial charge in [-0.15, -0.1) is 12.4 Å². The lowest BCUT2D eigenvalue weighted by molar-refractivity contribution is 0.0914. The van der Waals surface area contributed by atoms with Crippen LogP contribution in [0.15, 0.2) is 30.5 Å². The van der Waals surface area contributed by atoms with Crippen LogP contribution in [0.4, 0.5) is 4.39 Å². The van der Waals surface area contributed by atoms with E-state index in [1.54, 1.807) is 23.0 Å². The minimum Gasteiger partial charge on any atom is -0.348 e. The van der Waals surface area contributed by atoms with Crippen LogP contribution in [0, 0.1) is 11.7 Å². The van der Waals surface area contributed by atoms with E-state index in [4.69, 9.17) is 5.73 Å². The van der Waals surface area contributed by atoms with Gasteiger partial charge >= 0.3 is 0 Å². The van der Waals surface area contributed by atoms with Gasteiger partial charge in [0.1, 0.15) is 5.82 Å². The predicted molar refractivity (Wildman–Crippen MR) is 107 cm³/mol. The molecule has 5 nitrogen and oxygen atoms in total. The van der Waals surface area contributed by atoms with Gasteiger partial charge in [-0.05, 0) is 49.4 Å². The summed E-state index contributed by atoms with van der Waals surface area (Å²) in [6.07, 6.45) is 8.17. The van der Waals surface area contributed by atoms with Crippen LogP contribution < -0.4 is 11.1 Å². The minimum absolute atomic E-state index is 0. The summed E-state index contributed by atoms with van der Waals surface area (Å²) < 4.78 is 14.9. The first-order valence-electron chi connectivity index (χ1n) is 9.47. The van der Waals surface area contributed by atoms with Gasteiger partial charge in [0.25, 0.3) is 5.91 Å². The average molecular weight is 395 g/mol. The molecule has 1 saturated carbocycles. The molecule has 7 heteroatoms. The maximum atomic E-state index is 13.2. The van der Waals surface area contributed by atoms with E-state index in [-0.39, 0.29) is 30.2 Å². The summed E-state index contributed by atoms with van der Waals surface area (Å²) in [6.45, 7) is 2.43. The molecule has 27 heavy (non-hydrogen) atoms. The van der Waals surface area contributed by atoms with E-state index in [1.165, 1.54) is 31.4 Å². The van der Waals surface area contributed by atoms with Crippen molar-refractivity contribution >= 4 is 18.3 Å². The van der Waals surface area contributed by atoms with Gasteiger partial charge in [0.2, 0.25) is 0 Å². The van der Waals surface area contributed by atoms with Crippen LogP contribution in [0.5, 0.6) is 0 Å². The van der Waals surface area contributed by atoms with Gasteiger partial charge in [-0.1, -0.05) is 26.2 Å². The monoisotopic (exact) mass is 394 g/mol. The molecule has 3 N–H and O–H groups in total. The first-order chi connectivity index (χ1) is 12.6. The Labute approximate surface area is 165 Å². The molecule has 1 atom stereocenters. The number of nitrogens with two attached hydrogens (primary N) is 1. The van der Waals surface area contributed by atoms with Gasteiger partial charge in [0.05, 0.1) is 23.1 Å². The van der Waals surface area contributed by atoms with E-state index in [1.807, 2.05) is 6.92 Å². The van der Waals surface area contributed by atoms with Crippen LogP contribution in [0.2, 0.25) is 0 Å². The summed E-state index contributed by atoms with van der Waals surface area (Å²) in [5.41, 5.74) is 8.06. The van der Waals surface area contributed by atoms with Crippen molar-refractivity contribution in [1.29, 1.82) is 0 Å². The first-order valence-corrected chi connectivity index (χ1v) is 9.47. The lowest BCUT2D eigenvalue weighted by Crippen LogP contribution is -2.46. The Kier molecular flexibility index (Phi) is 7.80. The van der Waals surface area contributed by atoms with Crippen molar-refractivity contribution in [2.75, 3.05) is 6.54 Å². The molecule has 1 amide bonds. The predicted octanol–water partition coefficient (Wildman–Crippen LogP) is 3.63. The summed E-state index contributed by atoms with van der Waals surface area (Å²) in [5, 5.41) is 7.48. The Hall–Kier alpha value is -1.92. The maximum Gasteiger partial charge on any atom is 0.255 e. The molecular formula is C20H28ClFN4O. The van der Waals surface area contributed by atoms with Crippen LogP contribution in [-0.2, 0) is 6.42 Å². The van der Waals surface area contributed by atoms with Crippen molar-refractivity contribution in [2.24, 2.45) is 11.7 Å². The van der Waals surface area contributed by atoms with E-state index in [0.717, 1.165) is 24.2 Å². The highest BCUT2D eigenvalue weighted by atomic mass is 35.5. The number of carbonyl (C=O) groups is 1. The zero-order chi connectivity index (χ0) is 18.5. The number of hydrogen-bond donors (Lipinski definition) is 2. The van der Waals surface area contributed by atoms with Crippen molar-refractivity contribution in [1.82, 2.24) is 15.1 Å². The molecule has 1 unspecified atom stereocenters. The van der Waals surface area contributed by atoms with Crippen molar-refractivity contribution in [3.05, 3.63) is 47.5 Å². The number of benzene rings is 1. The number of nitrogens with zero attached hydrogens (tertiary/aromatic N) is 2. The third kappa shape index (κ3) is 4.87. The van der Waals surface area contributed by atoms with Gasteiger partial charge in [0.15, 0.2) is 0 Å². The quantitative estimate of drug-likeness (QED) is 0.785. The molecule has 0 bridgehead atoms. The molecule has 148 valence electrons. The topological polar surface area (TPSA) is 72.9 Å². The van der Waals surface area contributed by atoms with Gasteiger partial charge in [0, 0.05) is 12.6 Å². The van der Waals surface area contributed by atoms with Crippen LogP contribution >= 0.6 is 12.4 Å². The van der Waals surface area contributed by atoms with Gasteiger partial charge < -0.3 is 11.1 Å². The summed E-state index contributed by atoms with van der Waals surface area (Å²) >= 11 is 0. The fraction of sp³-hybridized carbons (Fsp3) is 0.500. The second kappa shape index (κ2) is 9.85. The number of carbonyl (C=O) groups excluding carboxylic acids is 1. The summed E-state index contributed by atoms with van der Waals surface area (Å²) in [6, 6.07) is 6.11. The SMILES string of the molecule is CCc1c(C(=O)NC(CN)C2CCCCC2)cnn1-c1ccc(F)cc1.Cl. The average Bonchev–Trinajstić information content (AvgIpc) is 3.11. The molecule has 3 rings (SSSR count). The Balaban J connectivity index is 0.00000261. The number of amides is 1. The van der Waals surface area contributed by atoms with Crippen LogP contribution in [0.25, 0.3) is 5.69 Å². The third-order valence-corrected chi connectivity index (χ3v) is 5.31. The number of nitrogens with one attached hydrogen (secondary N) is 1. The zero-order valence-electron chi connectivity index (χ0n) is 15.7. The van der Waals surface area contributed by atoms with E-state index in [0.29, 0.717) is 24.4 Å². The zero-order valence-corrected chi connectivity index (χ0v) is 16.5. The number of hydrogen-bond acceptors (Lipinski definition) is 3. The van der Waals surface area contributed by atoms with E-state index in [2.05, 4.69) is 10.4 Å². The molecule has 0 spiro atoms. The second-order valence-corrected chi connectivity index (χ2v) is 6.96. The summed E-state index contributed by atoms with van der Waals surface area (Å²) in [7, 11) is 0. The lowest BCUT2D eigenvalue weighted by Gasteiger charge is -2.30. The molecule has 0 aliphatic heterocycles. The Bertz CT molecular complexity index is 741. The second-order valence-electron chi connectivity index (χ2n) is 6.96. The fourth-order valence-electron chi connectivity index (χ4n) is 3.86. The smallest absolute Gasteiger partial charge is 0.255 e. The van der Waals surface area contributed by atoms with Crippen molar-refractivity contribution in [3.8, 4) is 5.69 Å². The van der Waals surface area contributed by atoms with Crippen molar-refractivity contribution < 1.29 is 9.18 Å². The Morgan fingerprint density at radius 3 is 2.56 bits per heavy atom. The van der Waals surface area contributed by atoms with Crippen LogP contribution in [0.3, 0.4) is 0 Å². The molecule has 1 heterocycles. The van der Waals surface area contributed by atoms with Gasteiger partial charge in [-0.2, -0.15) is 5.10 Å². The molecular weight excluding hydrogens is 367 g/mol. The Morgan fingerprint density at radius 2 is 1.96 bits per heavy atom. The molecule has 1 aromatic carbocycles. The third-order valence-electron chi connectivity index (χ3n) is 5.31. The van der Waals surface area contributed by atoms with Crippen LogP contribution in [0.1, 0.15) is 55.1 Å². The minimum atomic E-state index is -0.296. The highest BCUT2D eigenvalue weighted by Gasteiger charge is 2.26. The lowest BCUT2D eigenvalue weighted by atomic mass is 9.84. The molecule has 1 aromatic heterocycles. The highest BCUT2D eigenvalue weighted by Crippen LogP contribution is 2.26. The molecule has 1 aliphatic rings. The Morgan fingerprint density at radius 1 is 1.30 bits per heavy atom. The molecule has 0 saturated heterocycles. The highest BCUT2D eigenvalue weighted by molar-refractivity contribution is 5.95. The number of aromatic nitrogens is 2.